The fourth-order valence-electron chi connectivity index (χ4n) is 3.57. The third-order valence-corrected chi connectivity index (χ3v) is 4.73. The van der Waals surface area contributed by atoms with Crippen molar-refractivity contribution in [2.24, 2.45) is 0 Å². The Kier molecular flexibility index (Phi) is 3.74. The third-order valence-electron chi connectivity index (χ3n) is 4.73. The van der Waals surface area contributed by atoms with E-state index in [9.17, 15) is 4.79 Å². The van der Waals surface area contributed by atoms with Crippen molar-refractivity contribution in [3.63, 3.8) is 0 Å². The van der Waals surface area contributed by atoms with Gasteiger partial charge in [-0.15, -0.1) is 0 Å². The van der Waals surface area contributed by atoms with E-state index in [-0.39, 0.29) is 11.4 Å². The van der Waals surface area contributed by atoms with Gasteiger partial charge in [0.2, 0.25) is 0 Å². The summed E-state index contributed by atoms with van der Waals surface area (Å²) in [6.45, 7) is 4.60. The average molecular weight is 273 g/mol. The molecule has 1 aliphatic heterocycles. The second-order valence-corrected chi connectivity index (χ2v) is 6.11. The van der Waals surface area contributed by atoms with E-state index in [2.05, 4.69) is 15.2 Å². The smallest absolute Gasteiger partial charge is 0.255 e. The van der Waals surface area contributed by atoms with Gasteiger partial charge in [-0.3, -0.25) is 9.78 Å². The van der Waals surface area contributed by atoms with Crippen LogP contribution in [0.3, 0.4) is 0 Å². The Labute approximate surface area is 120 Å². The largest absolute Gasteiger partial charge is 0.330 e. The van der Waals surface area contributed by atoms with Crippen LogP contribution in [0.2, 0.25) is 0 Å². The van der Waals surface area contributed by atoms with Gasteiger partial charge in [0.1, 0.15) is 0 Å². The molecule has 1 aliphatic carbocycles. The quantitative estimate of drug-likeness (QED) is 0.852. The predicted octanol–water partition coefficient (Wildman–Crippen LogP) is 2.14. The lowest BCUT2D eigenvalue weighted by molar-refractivity contribution is 0.0222. The first-order valence-corrected chi connectivity index (χ1v) is 7.67. The van der Waals surface area contributed by atoms with Crippen LogP contribution in [0.15, 0.2) is 18.3 Å². The predicted molar refractivity (Wildman–Crippen MR) is 78.7 cm³/mol. The first-order chi connectivity index (χ1) is 9.71. The van der Waals surface area contributed by atoms with Gasteiger partial charge < -0.3 is 10.2 Å². The molecule has 1 saturated heterocycles. The Bertz CT molecular complexity index is 469. The van der Waals surface area contributed by atoms with Gasteiger partial charge in [-0.2, -0.15) is 0 Å². The molecule has 1 amide bonds. The summed E-state index contributed by atoms with van der Waals surface area (Å²) in [5.74, 6) is 0.154. The number of pyridine rings is 1. The molecule has 2 fully saturated rings. The molecule has 0 unspecified atom stereocenters. The Morgan fingerprint density at radius 1 is 1.30 bits per heavy atom. The van der Waals surface area contributed by atoms with E-state index in [0.717, 1.165) is 43.7 Å². The molecule has 2 heterocycles. The van der Waals surface area contributed by atoms with E-state index in [1.807, 2.05) is 19.1 Å². The summed E-state index contributed by atoms with van der Waals surface area (Å²) >= 11 is 0. The Balaban J connectivity index is 1.85. The number of amides is 1. The number of rotatable bonds is 1. The fourth-order valence-corrected chi connectivity index (χ4v) is 3.57. The van der Waals surface area contributed by atoms with Gasteiger partial charge in [0.25, 0.3) is 5.91 Å². The van der Waals surface area contributed by atoms with Gasteiger partial charge in [-0.1, -0.05) is 19.3 Å². The molecule has 0 aromatic carbocycles. The molecule has 3 rings (SSSR count). The fraction of sp³-hybridized carbons (Fsp3) is 0.625. The summed E-state index contributed by atoms with van der Waals surface area (Å²) in [5.41, 5.74) is 1.72. The molecule has 1 aromatic rings. The van der Waals surface area contributed by atoms with E-state index in [1.54, 1.807) is 6.20 Å². The Morgan fingerprint density at radius 2 is 2.10 bits per heavy atom. The highest BCUT2D eigenvalue weighted by atomic mass is 16.2. The third kappa shape index (κ3) is 2.44. The maximum atomic E-state index is 12.8. The lowest BCUT2D eigenvalue weighted by Gasteiger charge is -2.49. The van der Waals surface area contributed by atoms with Crippen molar-refractivity contribution in [1.29, 1.82) is 0 Å². The maximum absolute atomic E-state index is 12.8. The molecule has 2 aliphatic rings. The molecular formula is C16H23N3O. The summed E-state index contributed by atoms with van der Waals surface area (Å²) in [6.07, 6.45) is 7.75. The number of piperazine rings is 1. The minimum absolute atomic E-state index is 0.0401. The van der Waals surface area contributed by atoms with Crippen molar-refractivity contribution in [3.05, 3.63) is 29.6 Å². The van der Waals surface area contributed by atoms with Crippen LogP contribution in [0.4, 0.5) is 0 Å². The number of carbonyl (C=O) groups is 1. The van der Waals surface area contributed by atoms with Gasteiger partial charge in [0.05, 0.1) is 11.1 Å². The van der Waals surface area contributed by atoms with Crippen molar-refractivity contribution >= 4 is 5.91 Å². The lowest BCUT2D eigenvalue weighted by atomic mass is 9.78. The van der Waals surface area contributed by atoms with Crippen LogP contribution in [0.5, 0.6) is 0 Å². The molecular weight excluding hydrogens is 250 g/mol. The number of hydrogen-bond acceptors (Lipinski definition) is 3. The number of carbonyl (C=O) groups excluding carboxylic acids is 1. The molecule has 1 saturated carbocycles. The zero-order valence-corrected chi connectivity index (χ0v) is 12.2. The van der Waals surface area contributed by atoms with Gasteiger partial charge >= 0.3 is 0 Å². The van der Waals surface area contributed by atoms with E-state index >= 15 is 0 Å². The highest BCUT2D eigenvalue weighted by Crippen LogP contribution is 2.35. The molecule has 20 heavy (non-hydrogen) atoms. The minimum Gasteiger partial charge on any atom is -0.330 e. The van der Waals surface area contributed by atoms with Crippen molar-refractivity contribution in [2.45, 2.75) is 44.6 Å². The van der Waals surface area contributed by atoms with Gasteiger partial charge in [0.15, 0.2) is 0 Å². The highest BCUT2D eigenvalue weighted by Gasteiger charge is 2.42. The monoisotopic (exact) mass is 273 g/mol. The average Bonchev–Trinajstić information content (AvgIpc) is 2.49. The molecule has 0 bridgehead atoms. The minimum atomic E-state index is 0.0401. The van der Waals surface area contributed by atoms with Crippen molar-refractivity contribution in [3.8, 4) is 0 Å². The van der Waals surface area contributed by atoms with E-state index < -0.39 is 0 Å². The maximum Gasteiger partial charge on any atom is 0.255 e. The Morgan fingerprint density at radius 3 is 2.80 bits per heavy atom. The summed E-state index contributed by atoms with van der Waals surface area (Å²) in [6, 6.07) is 3.83. The van der Waals surface area contributed by atoms with Crippen LogP contribution in [0.25, 0.3) is 0 Å². The molecule has 1 spiro atoms. The van der Waals surface area contributed by atoms with Crippen LogP contribution >= 0.6 is 0 Å². The lowest BCUT2D eigenvalue weighted by Crippen LogP contribution is -2.63. The zero-order valence-electron chi connectivity index (χ0n) is 12.2. The van der Waals surface area contributed by atoms with Crippen LogP contribution in [-0.2, 0) is 0 Å². The van der Waals surface area contributed by atoms with Crippen molar-refractivity contribution in [1.82, 2.24) is 15.2 Å². The normalized spacial score (nSPS) is 21.9. The summed E-state index contributed by atoms with van der Waals surface area (Å²) in [5, 5.41) is 3.48. The van der Waals surface area contributed by atoms with Gasteiger partial charge in [-0.25, -0.2) is 0 Å². The number of nitrogens with zero attached hydrogens (tertiary/aromatic N) is 2. The number of aromatic nitrogens is 1. The standard InChI is InChI=1S/C16H23N3O/c1-13-5-6-14(11-18-13)15(20)19-10-9-17-12-16(19)7-3-2-4-8-16/h5-6,11,17H,2-4,7-10,12H2,1H3. The number of hydrogen-bond donors (Lipinski definition) is 1. The highest BCUT2D eigenvalue weighted by molar-refractivity contribution is 5.94. The molecule has 0 atom stereocenters. The Hall–Kier alpha value is -1.42. The van der Waals surface area contributed by atoms with Crippen LogP contribution in [0, 0.1) is 6.92 Å². The van der Waals surface area contributed by atoms with Crippen molar-refractivity contribution in [2.75, 3.05) is 19.6 Å². The van der Waals surface area contributed by atoms with Crippen molar-refractivity contribution < 1.29 is 4.79 Å². The van der Waals surface area contributed by atoms with Gasteiger partial charge in [0, 0.05) is 31.5 Å². The molecule has 0 radical (unpaired) electrons. The molecule has 108 valence electrons. The molecule has 4 heteroatoms. The van der Waals surface area contributed by atoms with E-state index in [4.69, 9.17) is 0 Å². The topological polar surface area (TPSA) is 45.2 Å². The van der Waals surface area contributed by atoms with Gasteiger partial charge in [-0.05, 0) is 31.9 Å². The number of nitrogens with one attached hydrogen (secondary N) is 1. The second-order valence-electron chi connectivity index (χ2n) is 6.11. The zero-order chi connectivity index (χ0) is 14.0. The van der Waals surface area contributed by atoms with Crippen LogP contribution < -0.4 is 5.32 Å². The number of aryl methyl sites for hydroxylation is 1. The van der Waals surface area contributed by atoms with Crippen LogP contribution in [0.1, 0.15) is 48.2 Å². The van der Waals surface area contributed by atoms with Crippen LogP contribution in [-0.4, -0.2) is 41.0 Å². The molecule has 1 aromatic heterocycles. The summed E-state index contributed by atoms with van der Waals surface area (Å²) in [4.78, 5) is 19.2. The van der Waals surface area contributed by atoms with E-state index in [1.165, 1.54) is 19.3 Å². The first kappa shape index (κ1) is 13.6. The summed E-state index contributed by atoms with van der Waals surface area (Å²) < 4.78 is 0. The summed E-state index contributed by atoms with van der Waals surface area (Å²) in [7, 11) is 0. The molecule has 4 nitrogen and oxygen atoms in total. The van der Waals surface area contributed by atoms with E-state index in [0.29, 0.717) is 0 Å². The molecule has 1 N–H and O–H groups in total. The SMILES string of the molecule is Cc1ccc(C(=O)N2CCNCC23CCCCC3)cn1. The first-order valence-electron chi connectivity index (χ1n) is 7.67. The second kappa shape index (κ2) is 5.52.